The number of nitrogens with two attached hydrogens (primary N) is 1. The molecule has 1 saturated carbocycles. The first-order valence-corrected chi connectivity index (χ1v) is 6.39. The Morgan fingerprint density at radius 3 is 2.84 bits per heavy atom. The molecule has 1 aliphatic carbocycles. The lowest BCUT2D eigenvalue weighted by Gasteiger charge is -2.25. The number of carbonyl (C=O) groups is 1. The molecule has 5 heteroatoms. The highest BCUT2D eigenvalue weighted by Crippen LogP contribution is 2.25. The molecule has 2 unspecified atom stereocenters. The smallest absolute Gasteiger partial charge is 0.227 e. The predicted octanol–water partition coefficient (Wildman–Crippen LogP) is 3.01. The highest BCUT2D eigenvalue weighted by atomic mass is 35.5. The monoisotopic (exact) mass is 286 g/mol. The van der Waals surface area contributed by atoms with Gasteiger partial charge in [0.05, 0.1) is 0 Å². The van der Waals surface area contributed by atoms with Crippen molar-refractivity contribution in [2.24, 2.45) is 11.7 Å². The lowest BCUT2D eigenvalue weighted by Crippen LogP contribution is -2.34. The maximum Gasteiger partial charge on any atom is 0.227 e. The number of carbonyl (C=O) groups excluding carboxylic acids is 1. The molecule has 19 heavy (non-hydrogen) atoms. The van der Waals surface area contributed by atoms with Crippen molar-refractivity contribution in [1.82, 2.24) is 0 Å². The van der Waals surface area contributed by atoms with Gasteiger partial charge in [-0.05, 0) is 38.3 Å². The summed E-state index contributed by atoms with van der Waals surface area (Å²) >= 11 is 0. The highest BCUT2D eigenvalue weighted by molar-refractivity contribution is 5.93. The van der Waals surface area contributed by atoms with Gasteiger partial charge in [-0.1, -0.05) is 12.5 Å². The Hall–Kier alpha value is -1.13. The molecule has 3 N–H and O–H groups in total. The van der Waals surface area contributed by atoms with E-state index in [0.717, 1.165) is 25.7 Å². The van der Waals surface area contributed by atoms with Crippen LogP contribution in [0.15, 0.2) is 18.2 Å². The maximum absolute atomic E-state index is 13.4. The fourth-order valence-electron chi connectivity index (χ4n) is 2.44. The Morgan fingerprint density at radius 2 is 2.16 bits per heavy atom. The third kappa shape index (κ3) is 3.91. The van der Waals surface area contributed by atoms with Crippen LogP contribution in [0.4, 0.5) is 10.1 Å². The van der Waals surface area contributed by atoms with E-state index in [-0.39, 0.29) is 36.1 Å². The summed E-state index contributed by atoms with van der Waals surface area (Å²) in [5.74, 6) is -0.386. The minimum Gasteiger partial charge on any atom is -0.328 e. The number of hydrogen-bond donors (Lipinski definition) is 2. The second kappa shape index (κ2) is 6.87. The minimum atomic E-state index is -0.298. The van der Waals surface area contributed by atoms with Gasteiger partial charge in [-0.2, -0.15) is 0 Å². The van der Waals surface area contributed by atoms with E-state index < -0.39 is 0 Å². The van der Waals surface area contributed by atoms with Gasteiger partial charge in [-0.3, -0.25) is 4.79 Å². The molecule has 1 fully saturated rings. The number of hydrogen-bond acceptors (Lipinski definition) is 2. The molecule has 0 spiro atoms. The first kappa shape index (κ1) is 15.9. The van der Waals surface area contributed by atoms with Crippen molar-refractivity contribution < 1.29 is 9.18 Å². The van der Waals surface area contributed by atoms with Gasteiger partial charge in [0, 0.05) is 23.2 Å². The van der Waals surface area contributed by atoms with E-state index in [1.54, 1.807) is 19.1 Å². The van der Waals surface area contributed by atoms with E-state index in [1.165, 1.54) is 6.07 Å². The number of benzene rings is 1. The third-order valence-electron chi connectivity index (χ3n) is 3.61. The van der Waals surface area contributed by atoms with Gasteiger partial charge in [-0.25, -0.2) is 4.39 Å². The molecule has 3 nitrogen and oxygen atoms in total. The number of anilines is 1. The molecular formula is C14H20ClFN2O. The summed E-state index contributed by atoms with van der Waals surface area (Å²) in [6, 6.07) is 4.83. The van der Waals surface area contributed by atoms with Crippen LogP contribution in [0.5, 0.6) is 0 Å². The number of nitrogens with one attached hydrogen (secondary N) is 1. The van der Waals surface area contributed by atoms with E-state index in [1.807, 2.05) is 0 Å². The molecule has 1 aliphatic rings. The number of amides is 1. The van der Waals surface area contributed by atoms with Crippen LogP contribution in [0.3, 0.4) is 0 Å². The molecule has 106 valence electrons. The second-order valence-electron chi connectivity index (χ2n) is 5.03. The average Bonchev–Trinajstić information content (AvgIpc) is 2.35. The van der Waals surface area contributed by atoms with Crippen molar-refractivity contribution in [1.29, 1.82) is 0 Å². The molecule has 0 bridgehead atoms. The minimum absolute atomic E-state index is 0. The molecule has 0 aliphatic heterocycles. The van der Waals surface area contributed by atoms with E-state index in [4.69, 9.17) is 5.73 Å². The van der Waals surface area contributed by atoms with Crippen LogP contribution in [-0.4, -0.2) is 11.9 Å². The summed E-state index contributed by atoms with van der Waals surface area (Å²) < 4.78 is 13.4. The zero-order valence-corrected chi connectivity index (χ0v) is 11.8. The highest BCUT2D eigenvalue weighted by Gasteiger charge is 2.25. The largest absolute Gasteiger partial charge is 0.328 e. The lowest BCUT2D eigenvalue weighted by molar-refractivity contribution is -0.120. The zero-order chi connectivity index (χ0) is 13.1. The average molecular weight is 287 g/mol. The van der Waals surface area contributed by atoms with Gasteiger partial charge in [-0.15, -0.1) is 12.4 Å². The molecule has 0 saturated heterocycles. The summed E-state index contributed by atoms with van der Waals surface area (Å²) in [4.78, 5) is 12.1. The lowest BCUT2D eigenvalue weighted by atomic mass is 9.85. The van der Waals surface area contributed by atoms with Crippen molar-refractivity contribution in [2.45, 2.75) is 38.6 Å². The summed E-state index contributed by atoms with van der Waals surface area (Å²) in [6.45, 7) is 1.66. The standard InChI is InChI=1S/C14H19FN2O.ClH/c1-9-12(15)6-3-7-13(9)17-14(18)10-4-2-5-11(16)8-10;/h3,6-7,10-11H,2,4-5,8,16H2,1H3,(H,17,18);1H. The van der Waals surface area contributed by atoms with E-state index >= 15 is 0 Å². The Balaban J connectivity index is 0.00000180. The van der Waals surface area contributed by atoms with Crippen molar-refractivity contribution in [3.8, 4) is 0 Å². The Bertz CT molecular complexity index is 453. The molecule has 1 amide bonds. The predicted molar refractivity (Wildman–Crippen MR) is 76.9 cm³/mol. The van der Waals surface area contributed by atoms with E-state index in [9.17, 15) is 9.18 Å². The third-order valence-corrected chi connectivity index (χ3v) is 3.61. The van der Waals surface area contributed by atoms with Gasteiger partial charge in [0.2, 0.25) is 5.91 Å². The summed E-state index contributed by atoms with van der Waals surface area (Å²) in [5.41, 5.74) is 6.90. The van der Waals surface area contributed by atoms with Gasteiger partial charge >= 0.3 is 0 Å². The Kier molecular flexibility index (Phi) is 5.76. The van der Waals surface area contributed by atoms with Crippen LogP contribution < -0.4 is 11.1 Å². The molecule has 2 rings (SSSR count). The van der Waals surface area contributed by atoms with Crippen LogP contribution in [0, 0.1) is 18.7 Å². The Morgan fingerprint density at radius 1 is 1.42 bits per heavy atom. The molecule has 0 heterocycles. The first-order chi connectivity index (χ1) is 8.58. The number of rotatable bonds is 2. The van der Waals surface area contributed by atoms with Gasteiger partial charge in [0.1, 0.15) is 5.82 Å². The van der Waals surface area contributed by atoms with Crippen molar-refractivity contribution in [3.05, 3.63) is 29.6 Å². The molecule has 2 atom stereocenters. The fourth-order valence-corrected chi connectivity index (χ4v) is 2.44. The quantitative estimate of drug-likeness (QED) is 0.878. The first-order valence-electron chi connectivity index (χ1n) is 6.39. The van der Waals surface area contributed by atoms with Crippen LogP contribution in [0.25, 0.3) is 0 Å². The maximum atomic E-state index is 13.4. The van der Waals surface area contributed by atoms with Crippen molar-refractivity contribution in [2.75, 3.05) is 5.32 Å². The normalized spacial score (nSPS) is 22.5. The van der Waals surface area contributed by atoms with Gasteiger partial charge in [0.25, 0.3) is 0 Å². The van der Waals surface area contributed by atoms with Crippen LogP contribution >= 0.6 is 12.4 Å². The van der Waals surface area contributed by atoms with E-state index in [2.05, 4.69) is 5.32 Å². The molecule has 0 radical (unpaired) electrons. The SMILES string of the molecule is Cc1c(F)cccc1NC(=O)C1CCCC(N)C1.Cl. The molecular weight excluding hydrogens is 267 g/mol. The zero-order valence-electron chi connectivity index (χ0n) is 11.0. The van der Waals surface area contributed by atoms with Crippen LogP contribution in [-0.2, 0) is 4.79 Å². The van der Waals surface area contributed by atoms with Crippen LogP contribution in [0.2, 0.25) is 0 Å². The molecule has 0 aromatic heterocycles. The molecule has 1 aromatic carbocycles. The van der Waals surface area contributed by atoms with Crippen molar-refractivity contribution in [3.63, 3.8) is 0 Å². The molecule has 1 aromatic rings. The van der Waals surface area contributed by atoms with Crippen LogP contribution in [0.1, 0.15) is 31.2 Å². The van der Waals surface area contributed by atoms with Crippen molar-refractivity contribution >= 4 is 24.0 Å². The second-order valence-corrected chi connectivity index (χ2v) is 5.03. The topological polar surface area (TPSA) is 55.1 Å². The Labute approximate surface area is 119 Å². The van der Waals surface area contributed by atoms with E-state index in [0.29, 0.717) is 11.3 Å². The number of halogens is 2. The van der Waals surface area contributed by atoms with Gasteiger partial charge in [0.15, 0.2) is 0 Å². The summed E-state index contributed by atoms with van der Waals surface area (Å²) in [5, 5.41) is 2.81. The fraction of sp³-hybridized carbons (Fsp3) is 0.500. The summed E-state index contributed by atoms with van der Waals surface area (Å²) in [7, 11) is 0. The summed E-state index contributed by atoms with van der Waals surface area (Å²) in [6.07, 6.45) is 3.57. The van der Waals surface area contributed by atoms with Gasteiger partial charge < -0.3 is 11.1 Å².